The maximum absolute atomic E-state index is 10.5. The molecule has 1 aromatic rings. The van der Waals surface area contributed by atoms with Crippen LogP contribution in [-0.2, 0) is 11.3 Å². The van der Waals surface area contributed by atoms with Crippen molar-refractivity contribution in [2.24, 2.45) is 5.73 Å². The molecule has 0 amide bonds. The third kappa shape index (κ3) is 2.56. The number of nitrogens with zero attached hydrogens (tertiary/aromatic N) is 2. The van der Waals surface area contributed by atoms with Crippen LogP contribution >= 0.6 is 0 Å². The fraction of sp³-hybridized carbons (Fsp3) is 0.556. The molecular weight excluding hydrogens is 182 g/mol. The minimum Gasteiger partial charge on any atom is -0.481 e. The zero-order chi connectivity index (χ0) is 10.6. The Kier molecular flexibility index (Phi) is 3.64. The number of nitrogens with two attached hydrogens (primary N) is 1. The first-order chi connectivity index (χ1) is 6.65. The van der Waals surface area contributed by atoms with Crippen molar-refractivity contribution in [2.45, 2.75) is 32.4 Å². The highest BCUT2D eigenvalue weighted by atomic mass is 16.4. The van der Waals surface area contributed by atoms with Crippen molar-refractivity contribution in [2.75, 3.05) is 0 Å². The number of hydrogen-bond donors (Lipinski definition) is 2. The summed E-state index contributed by atoms with van der Waals surface area (Å²) in [6, 6.07) is -0.471. The Bertz CT molecular complexity index is 309. The zero-order valence-electron chi connectivity index (χ0n) is 8.18. The quantitative estimate of drug-likeness (QED) is 0.730. The van der Waals surface area contributed by atoms with Gasteiger partial charge in [-0.05, 0) is 6.42 Å². The largest absolute Gasteiger partial charge is 0.481 e. The van der Waals surface area contributed by atoms with Crippen LogP contribution in [0.15, 0.2) is 12.5 Å². The maximum atomic E-state index is 10.5. The normalized spacial score (nSPS) is 12.7. The number of aliphatic carboxylic acids is 1. The molecule has 1 rings (SSSR count). The smallest absolute Gasteiger partial charge is 0.305 e. The highest BCUT2D eigenvalue weighted by Gasteiger charge is 2.14. The van der Waals surface area contributed by atoms with Crippen molar-refractivity contribution in [3.8, 4) is 0 Å². The van der Waals surface area contributed by atoms with Crippen molar-refractivity contribution >= 4 is 5.97 Å². The molecule has 0 aliphatic carbocycles. The minimum absolute atomic E-state index is 0.0601. The lowest BCUT2D eigenvalue weighted by atomic mass is 10.1. The van der Waals surface area contributed by atoms with E-state index in [2.05, 4.69) is 4.98 Å². The molecule has 1 unspecified atom stereocenters. The van der Waals surface area contributed by atoms with Crippen LogP contribution in [-0.4, -0.2) is 20.6 Å². The van der Waals surface area contributed by atoms with Gasteiger partial charge in [0.25, 0.3) is 0 Å². The molecule has 0 aliphatic rings. The Morgan fingerprint density at radius 2 is 2.50 bits per heavy atom. The molecule has 14 heavy (non-hydrogen) atoms. The van der Waals surface area contributed by atoms with Gasteiger partial charge < -0.3 is 15.4 Å². The summed E-state index contributed by atoms with van der Waals surface area (Å²) in [5.41, 5.74) is 6.52. The molecule has 5 heteroatoms. The number of imidazole rings is 1. The summed E-state index contributed by atoms with van der Waals surface area (Å²) < 4.78 is 1.90. The molecule has 0 saturated heterocycles. The van der Waals surface area contributed by atoms with Crippen LogP contribution in [0, 0.1) is 0 Å². The highest BCUT2D eigenvalue weighted by molar-refractivity contribution is 5.67. The van der Waals surface area contributed by atoms with Crippen molar-refractivity contribution in [3.05, 3.63) is 18.2 Å². The maximum Gasteiger partial charge on any atom is 0.305 e. The number of carboxylic acids is 1. The molecule has 0 aliphatic heterocycles. The SMILES string of the molecule is CCCn1cncc1C(N)CC(=O)O. The van der Waals surface area contributed by atoms with Crippen LogP contribution in [0.5, 0.6) is 0 Å². The van der Waals surface area contributed by atoms with Gasteiger partial charge in [0.15, 0.2) is 0 Å². The third-order valence-corrected chi connectivity index (χ3v) is 1.98. The summed E-state index contributed by atoms with van der Waals surface area (Å²) in [4.78, 5) is 14.4. The van der Waals surface area contributed by atoms with Crippen molar-refractivity contribution in [3.63, 3.8) is 0 Å². The number of aryl methyl sites for hydroxylation is 1. The van der Waals surface area contributed by atoms with Gasteiger partial charge in [0.2, 0.25) is 0 Å². The molecule has 5 nitrogen and oxygen atoms in total. The summed E-state index contributed by atoms with van der Waals surface area (Å²) in [5, 5.41) is 8.59. The van der Waals surface area contributed by atoms with E-state index in [9.17, 15) is 4.79 Å². The van der Waals surface area contributed by atoms with Gasteiger partial charge in [0, 0.05) is 12.7 Å². The van der Waals surface area contributed by atoms with E-state index in [1.54, 1.807) is 12.5 Å². The van der Waals surface area contributed by atoms with E-state index < -0.39 is 12.0 Å². The lowest BCUT2D eigenvalue weighted by molar-refractivity contribution is -0.137. The van der Waals surface area contributed by atoms with Crippen molar-refractivity contribution < 1.29 is 9.90 Å². The van der Waals surface area contributed by atoms with Crippen LogP contribution in [0.2, 0.25) is 0 Å². The lowest BCUT2D eigenvalue weighted by Gasteiger charge is -2.11. The lowest BCUT2D eigenvalue weighted by Crippen LogP contribution is -2.18. The molecule has 1 heterocycles. The fourth-order valence-corrected chi connectivity index (χ4v) is 1.36. The second kappa shape index (κ2) is 4.76. The molecule has 0 spiro atoms. The van der Waals surface area contributed by atoms with Gasteiger partial charge in [0.1, 0.15) is 0 Å². The molecule has 1 aromatic heterocycles. The van der Waals surface area contributed by atoms with Crippen LogP contribution in [0.4, 0.5) is 0 Å². The van der Waals surface area contributed by atoms with E-state index in [-0.39, 0.29) is 6.42 Å². The summed E-state index contributed by atoms with van der Waals surface area (Å²) in [7, 11) is 0. The zero-order valence-corrected chi connectivity index (χ0v) is 8.18. The predicted molar refractivity (Wildman–Crippen MR) is 51.7 cm³/mol. The predicted octanol–water partition coefficient (Wildman–Crippen LogP) is 0.768. The standard InChI is InChI=1S/C9H15N3O2/c1-2-3-12-6-11-5-8(12)7(10)4-9(13)14/h5-7H,2-4,10H2,1H3,(H,13,14). The molecule has 0 aromatic carbocycles. The average molecular weight is 197 g/mol. The minimum atomic E-state index is -0.887. The summed E-state index contributed by atoms with van der Waals surface area (Å²) >= 11 is 0. The molecule has 0 radical (unpaired) electrons. The number of carbonyl (C=O) groups is 1. The topological polar surface area (TPSA) is 81.1 Å². The number of carboxylic acid groups (broad SMARTS) is 1. The van der Waals surface area contributed by atoms with E-state index in [0.717, 1.165) is 18.7 Å². The molecule has 0 saturated carbocycles. The van der Waals surface area contributed by atoms with Crippen LogP contribution in [0.3, 0.4) is 0 Å². The molecule has 3 N–H and O–H groups in total. The number of hydrogen-bond acceptors (Lipinski definition) is 3. The van der Waals surface area contributed by atoms with Gasteiger partial charge in [-0.3, -0.25) is 4.79 Å². The first kappa shape index (κ1) is 10.7. The average Bonchev–Trinajstić information content (AvgIpc) is 2.51. The van der Waals surface area contributed by atoms with Gasteiger partial charge in [-0.1, -0.05) is 6.92 Å². The Labute approximate surface area is 82.6 Å². The molecule has 1 atom stereocenters. The van der Waals surface area contributed by atoms with E-state index in [4.69, 9.17) is 10.8 Å². The molecular formula is C9H15N3O2. The van der Waals surface area contributed by atoms with Gasteiger partial charge in [-0.2, -0.15) is 0 Å². The second-order valence-corrected chi connectivity index (χ2v) is 3.22. The Balaban J connectivity index is 2.72. The van der Waals surface area contributed by atoms with E-state index in [0.29, 0.717) is 0 Å². The highest BCUT2D eigenvalue weighted by Crippen LogP contribution is 2.13. The van der Waals surface area contributed by atoms with E-state index >= 15 is 0 Å². The number of rotatable bonds is 5. The summed E-state index contributed by atoms with van der Waals surface area (Å²) in [6.45, 7) is 2.87. The van der Waals surface area contributed by atoms with Crippen LogP contribution in [0.25, 0.3) is 0 Å². The van der Waals surface area contributed by atoms with Gasteiger partial charge >= 0.3 is 5.97 Å². The Morgan fingerprint density at radius 1 is 1.79 bits per heavy atom. The summed E-state index contributed by atoms with van der Waals surface area (Å²) in [6.07, 6.45) is 4.22. The molecule has 0 fully saturated rings. The van der Waals surface area contributed by atoms with E-state index in [1.165, 1.54) is 0 Å². The fourth-order valence-electron chi connectivity index (χ4n) is 1.36. The first-order valence-electron chi connectivity index (χ1n) is 4.62. The second-order valence-electron chi connectivity index (χ2n) is 3.22. The van der Waals surface area contributed by atoms with Gasteiger partial charge in [-0.15, -0.1) is 0 Å². The van der Waals surface area contributed by atoms with Crippen molar-refractivity contribution in [1.29, 1.82) is 0 Å². The van der Waals surface area contributed by atoms with Crippen LogP contribution in [0.1, 0.15) is 31.5 Å². The first-order valence-corrected chi connectivity index (χ1v) is 4.62. The Morgan fingerprint density at radius 3 is 3.07 bits per heavy atom. The number of aromatic nitrogens is 2. The van der Waals surface area contributed by atoms with Crippen molar-refractivity contribution in [1.82, 2.24) is 9.55 Å². The van der Waals surface area contributed by atoms with Gasteiger partial charge in [0.05, 0.1) is 24.5 Å². The van der Waals surface area contributed by atoms with Crippen LogP contribution < -0.4 is 5.73 Å². The Hall–Kier alpha value is -1.36. The molecule has 78 valence electrons. The monoisotopic (exact) mass is 197 g/mol. The molecule has 0 bridgehead atoms. The summed E-state index contributed by atoms with van der Waals surface area (Å²) in [5.74, 6) is -0.887. The van der Waals surface area contributed by atoms with Gasteiger partial charge in [-0.25, -0.2) is 4.98 Å². The third-order valence-electron chi connectivity index (χ3n) is 1.98. The van der Waals surface area contributed by atoms with E-state index in [1.807, 2.05) is 11.5 Å².